The van der Waals surface area contributed by atoms with Crippen molar-refractivity contribution in [3.8, 4) is 0 Å². The predicted octanol–water partition coefficient (Wildman–Crippen LogP) is 0.119. The molecular formula is C6H13NO. The van der Waals surface area contributed by atoms with E-state index in [1.54, 1.807) is 0 Å². The number of rotatable bonds is 1. The van der Waals surface area contributed by atoms with Gasteiger partial charge in [-0.2, -0.15) is 0 Å². The molecule has 8 heavy (non-hydrogen) atoms. The molecule has 0 amide bonds. The van der Waals surface area contributed by atoms with Gasteiger partial charge in [0.2, 0.25) is 0 Å². The van der Waals surface area contributed by atoms with E-state index >= 15 is 0 Å². The van der Waals surface area contributed by atoms with Gasteiger partial charge < -0.3 is 10.4 Å². The molecule has 2 atom stereocenters. The highest BCUT2D eigenvalue weighted by molar-refractivity contribution is 4.77. The van der Waals surface area contributed by atoms with Gasteiger partial charge in [-0.3, -0.25) is 0 Å². The van der Waals surface area contributed by atoms with Crippen LogP contribution in [-0.4, -0.2) is 23.8 Å². The molecule has 48 valence electrons. The van der Waals surface area contributed by atoms with Gasteiger partial charge in [-0.05, 0) is 26.2 Å². The van der Waals surface area contributed by atoms with Crippen LogP contribution in [0.1, 0.15) is 25.2 Å². The van der Waals surface area contributed by atoms with Crippen LogP contribution in [0.15, 0.2) is 0 Å². The van der Waals surface area contributed by atoms with Gasteiger partial charge in [-0.25, -0.2) is 0 Å². The Balaban J connectivity index is 2.69. The zero-order chi connectivity index (χ0) is 9.41. The van der Waals surface area contributed by atoms with E-state index in [0.29, 0.717) is 13.0 Å². The highest BCUT2D eigenvalue weighted by Gasteiger charge is 2.17. The predicted molar refractivity (Wildman–Crippen MR) is 32.7 cm³/mol. The Hall–Kier alpha value is -0.0800. The summed E-state index contributed by atoms with van der Waals surface area (Å²) in [5, 5.41) is 12.2. The molecule has 2 nitrogen and oxygen atoms in total. The first kappa shape index (κ1) is 2.67. The normalized spacial score (nSPS) is 45.9. The van der Waals surface area contributed by atoms with Crippen LogP contribution in [0.25, 0.3) is 0 Å². The molecule has 1 aliphatic heterocycles. The van der Waals surface area contributed by atoms with Gasteiger partial charge in [0.1, 0.15) is 0 Å². The van der Waals surface area contributed by atoms with Gasteiger partial charge in [0.15, 0.2) is 0 Å². The van der Waals surface area contributed by atoms with Crippen LogP contribution in [0.4, 0.5) is 0 Å². The van der Waals surface area contributed by atoms with E-state index in [1.165, 1.54) is 0 Å². The first-order chi connectivity index (χ1) is 5.36. The smallest absolute Gasteiger partial charge is 0.0665 e. The fourth-order valence-corrected chi connectivity index (χ4v) is 0.918. The number of hydrogen-bond acceptors (Lipinski definition) is 2. The van der Waals surface area contributed by atoms with Crippen molar-refractivity contribution < 1.29 is 10.6 Å². The van der Waals surface area contributed by atoms with Crippen LogP contribution in [0.2, 0.25) is 0 Å². The maximum Gasteiger partial charge on any atom is 0.0665 e. The SMILES string of the molecule is [2H]C([2H])([2H])[C@@]([2H])(O)[C@@H]1CCCN1. The molecular weight excluding hydrogens is 102 g/mol. The van der Waals surface area contributed by atoms with Gasteiger partial charge in [0.05, 0.1) is 7.45 Å². The Labute approximate surface area is 55.5 Å². The van der Waals surface area contributed by atoms with Crippen LogP contribution in [-0.2, 0) is 0 Å². The van der Waals surface area contributed by atoms with E-state index in [9.17, 15) is 5.11 Å². The Bertz CT molecular complexity index is 161. The molecule has 0 saturated carbocycles. The minimum atomic E-state index is -2.63. The molecule has 0 aliphatic carbocycles. The molecule has 0 aromatic heterocycles. The molecule has 1 fully saturated rings. The summed E-state index contributed by atoms with van der Waals surface area (Å²) in [5.74, 6) is 0. The molecule has 1 heterocycles. The summed E-state index contributed by atoms with van der Waals surface area (Å²) in [6.45, 7) is -1.95. The van der Waals surface area contributed by atoms with E-state index < -0.39 is 19.0 Å². The molecule has 0 radical (unpaired) electrons. The Morgan fingerprint density at radius 1 is 2.12 bits per heavy atom. The van der Waals surface area contributed by atoms with Crippen molar-refractivity contribution in [3.05, 3.63) is 0 Å². The number of nitrogens with one attached hydrogen (secondary N) is 1. The first-order valence-electron chi connectivity index (χ1n) is 4.81. The van der Waals surface area contributed by atoms with Crippen LogP contribution < -0.4 is 5.32 Å². The number of hydrogen-bond donors (Lipinski definition) is 2. The van der Waals surface area contributed by atoms with Gasteiger partial charge in [0, 0.05) is 10.2 Å². The van der Waals surface area contributed by atoms with E-state index in [0.717, 1.165) is 6.42 Å². The lowest BCUT2D eigenvalue weighted by atomic mass is 10.1. The maximum absolute atomic E-state index is 9.39. The molecule has 1 rings (SSSR count). The molecule has 0 aromatic carbocycles. The third-order valence-electron chi connectivity index (χ3n) is 1.39. The summed E-state index contributed by atoms with van der Waals surface area (Å²) in [6.07, 6.45) is -0.968. The van der Waals surface area contributed by atoms with Gasteiger partial charge in [-0.1, -0.05) is 0 Å². The molecule has 0 unspecified atom stereocenters. The summed E-state index contributed by atoms with van der Waals surface area (Å²) in [5.41, 5.74) is 0. The van der Waals surface area contributed by atoms with E-state index in [1.807, 2.05) is 0 Å². The second-order valence-corrected chi connectivity index (χ2v) is 2.03. The van der Waals surface area contributed by atoms with Gasteiger partial charge in [0.25, 0.3) is 0 Å². The zero-order valence-corrected chi connectivity index (χ0v) is 4.65. The van der Waals surface area contributed by atoms with Crippen molar-refractivity contribution in [2.75, 3.05) is 6.54 Å². The third kappa shape index (κ3) is 1.20. The third-order valence-corrected chi connectivity index (χ3v) is 1.39. The topological polar surface area (TPSA) is 32.3 Å². The number of aliphatic hydroxyl groups is 1. The molecule has 2 heteroatoms. The zero-order valence-electron chi connectivity index (χ0n) is 8.65. The Kier molecular flexibility index (Phi) is 0.822. The molecule has 1 aliphatic rings. The summed E-state index contributed by atoms with van der Waals surface area (Å²) >= 11 is 0. The molecule has 0 spiro atoms. The fraction of sp³-hybridized carbons (Fsp3) is 1.00. The largest absolute Gasteiger partial charge is 0.392 e. The first-order valence-corrected chi connectivity index (χ1v) is 2.81. The minimum Gasteiger partial charge on any atom is -0.392 e. The van der Waals surface area contributed by atoms with Crippen LogP contribution >= 0.6 is 0 Å². The average Bonchev–Trinajstić information content (AvgIpc) is 2.34. The van der Waals surface area contributed by atoms with E-state index in [2.05, 4.69) is 5.32 Å². The second-order valence-electron chi connectivity index (χ2n) is 2.03. The lowest BCUT2D eigenvalue weighted by Crippen LogP contribution is -2.32. The molecule has 2 N–H and O–H groups in total. The Morgan fingerprint density at radius 2 is 3.00 bits per heavy atom. The minimum absolute atomic E-state index is 0.554. The van der Waals surface area contributed by atoms with Crippen LogP contribution in [0.3, 0.4) is 0 Å². The van der Waals surface area contributed by atoms with Crippen LogP contribution in [0.5, 0.6) is 0 Å². The molecule has 0 aromatic rings. The quantitative estimate of drug-likeness (QED) is 0.514. The van der Waals surface area contributed by atoms with Gasteiger partial charge in [-0.15, -0.1) is 0 Å². The lowest BCUT2D eigenvalue weighted by Gasteiger charge is -2.11. The highest BCUT2D eigenvalue weighted by Crippen LogP contribution is 2.07. The maximum atomic E-state index is 9.39. The van der Waals surface area contributed by atoms with Crippen molar-refractivity contribution in [3.63, 3.8) is 0 Å². The molecule has 1 saturated heterocycles. The molecule has 0 bridgehead atoms. The average molecular weight is 119 g/mol. The van der Waals surface area contributed by atoms with E-state index in [-0.39, 0.29) is 0 Å². The van der Waals surface area contributed by atoms with E-state index in [4.69, 9.17) is 5.48 Å². The fourth-order valence-electron chi connectivity index (χ4n) is 0.918. The standard InChI is InChI=1S/C6H13NO/c1-5(8)6-3-2-4-7-6/h5-8H,2-4H2,1H3/t5-,6+/m1/s1/i1D3,5D. The monoisotopic (exact) mass is 119 g/mol. The van der Waals surface area contributed by atoms with Crippen LogP contribution in [0, 0.1) is 0 Å². The lowest BCUT2D eigenvalue weighted by molar-refractivity contribution is 0.154. The van der Waals surface area contributed by atoms with Crippen molar-refractivity contribution in [2.45, 2.75) is 31.8 Å². The van der Waals surface area contributed by atoms with Gasteiger partial charge >= 0.3 is 0 Å². The summed E-state index contributed by atoms with van der Waals surface area (Å²) in [6, 6.07) is -0.620. The van der Waals surface area contributed by atoms with Crippen molar-refractivity contribution in [2.24, 2.45) is 0 Å². The second kappa shape index (κ2) is 2.46. The van der Waals surface area contributed by atoms with Crippen molar-refractivity contribution in [1.29, 1.82) is 0 Å². The summed E-state index contributed by atoms with van der Waals surface area (Å²) in [4.78, 5) is 0. The summed E-state index contributed by atoms with van der Waals surface area (Å²) in [7, 11) is 0. The Morgan fingerprint density at radius 3 is 3.50 bits per heavy atom. The van der Waals surface area contributed by atoms with Crippen molar-refractivity contribution >= 4 is 0 Å². The highest BCUT2D eigenvalue weighted by atomic mass is 16.3. The summed E-state index contributed by atoms with van der Waals surface area (Å²) < 4.78 is 28.2. The van der Waals surface area contributed by atoms with Crippen molar-refractivity contribution in [1.82, 2.24) is 5.32 Å².